The van der Waals surface area contributed by atoms with Crippen LogP contribution in [0.25, 0.3) is 6.08 Å². The van der Waals surface area contributed by atoms with Crippen LogP contribution in [0, 0.1) is 0 Å². The highest BCUT2D eigenvalue weighted by Crippen LogP contribution is 2.22. The summed E-state index contributed by atoms with van der Waals surface area (Å²) < 4.78 is 0. The van der Waals surface area contributed by atoms with Crippen molar-refractivity contribution in [2.45, 2.75) is 26.2 Å². The van der Waals surface area contributed by atoms with Crippen molar-refractivity contribution in [3.63, 3.8) is 0 Å². The smallest absolute Gasteiger partial charge is 0.253 e. The van der Waals surface area contributed by atoms with Gasteiger partial charge in [0, 0.05) is 38.3 Å². The maximum Gasteiger partial charge on any atom is 0.253 e. The number of benzene rings is 2. The Kier molecular flexibility index (Phi) is 6.12. The summed E-state index contributed by atoms with van der Waals surface area (Å²) in [6.07, 6.45) is 4.37. The molecule has 2 aromatic carbocycles. The third-order valence-corrected chi connectivity index (χ3v) is 5.13. The molecule has 142 valence electrons. The van der Waals surface area contributed by atoms with Gasteiger partial charge in [-0.05, 0) is 28.7 Å². The zero-order chi connectivity index (χ0) is 19.3. The SMILES string of the molecule is CC(C)(C)c1ccc(C(=O)N2CCN(C/C=C/c3ccccc3)CC2)cc1. The van der Waals surface area contributed by atoms with Crippen molar-refractivity contribution in [1.82, 2.24) is 9.80 Å². The Hall–Kier alpha value is -2.39. The van der Waals surface area contributed by atoms with Crippen LogP contribution in [-0.2, 0) is 5.41 Å². The van der Waals surface area contributed by atoms with Gasteiger partial charge in [-0.2, -0.15) is 0 Å². The van der Waals surface area contributed by atoms with E-state index >= 15 is 0 Å². The van der Waals surface area contributed by atoms with Crippen LogP contribution in [0.15, 0.2) is 60.7 Å². The van der Waals surface area contributed by atoms with E-state index < -0.39 is 0 Å². The molecule has 3 rings (SSSR count). The third-order valence-electron chi connectivity index (χ3n) is 5.13. The monoisotopic (exact) mass is 362 g/mol. The predicted molar refractivity (Wildman–Crippen MR) is 113 cm³/mol. The Balaban J connectivity index is 1.50. The number of hydrogen-bond acceptors (Lipinski definition) is 2. The molecule has 1 saturated heterocycles. The molecular weight excluding hydrogens is 332 g/mol. The molecule has 2 aromatic rings. The van der Waals surface area contributed by atoms with Crippen LogP contribution in [0.3, 0.4) is 0 Å². The average Bonchev–Trinajstić information content (AvgIpc) is 2.68. The lowest BCUT2D eigenvalue weighted by molar-refractivity contribution is 0.0650. The molecule has 1 amide bonds. The second-order valence-electron chi connectivity index (χ2n) is 8.23. The van der Waals surface area contributed by atoms with Crippen LogP contribution in [-0.4, -0.2) is 48.4 Å². The molecule has 27 heavy (non-hydrogen) atoms. The molecule has 0 aromatic heterocycles. The summed E-state index contributed by atoms with van der Waals surface area (Å²) in [6.45, 7) is 10.9. The summed E-state index contributed by atoms with van der Waals surface area (Å²) in [7, 11) is 0. The first-order chi connectivity index (χ1) is 12.9. The fourth-order valence-electron chi connectivity index (χ4n) is 3.33. The summed E-state index contributed by atoms with van der Waals surface area (Å²) in [5.41, 5.74) is 3.39. The molecule has 1 aliphatic rings. The molecule has 1 aliphatic heterocycles. The molecule has 0 bridgehead atoms. The lowest BCUT2D eigenvalue weighted by atomic mass is 9.86. The van der Waals surface area contributed by atoms with Crippen LogP contribution in [0.2, 0.25) is 0 Å². The Bertz CT molecular complexity index is 764. The van der Waals surface area contributed by atoms with Crippen LogP contribution >= 0.6 is 0 Å². The number of rotatable bonds is 4. The number of hydrogen-bond donors (Lipinski definition) is 0. The molecule has 1 heterocycles. The topological polar surface area (TPSA) is 23.6 Å². The molecule has 0 aliphatic carbocycles. The molecule has 0 unspecified atom stereocenters. The molecule has 0 atom stereocenters. The minimum Gasteiger partial charge on any atom is -0.336 e. The van der Waals surface area contributed by atoms with E-state index in [2.05, 4.69) is 74.2 Å². The van der Waals surface area contributed by atoms with Gasteiger partial charge in [-0.3, -0.25) is 9.69 Å². The van der Waals surface area contributed by atoms with Gasteiger partial charge in [-0.15, -0.1) is 0 Å². The van der Waals surface area contributed by atoms with Gasteiger partial charge < -0.3 is 4.90 Å². The number of amides is 1. The fraction of sp³-hybridized carbons (Fsp3) is 0.375. The van der Waals surface area contributed by atoms with Gasteiger partial charge in [-0.25, -0.2) is 0 Å². The number of piperazine rings is 1. The van der Waals surface area contributed by atoms with Gasteiger partial charge in [0.1, 0.15) is 0 Å². The Labute approximate surface area is 163 Å². The molecule has 0 saturated carbocycles. The predicted octanol–water partition coefficient (Wildman–Crippen LogP) is 4.46. The van der Waals surface area contributed by atoms with E-state index in [0.717, 1.165) is 38.3 Å². The van der Waals surface area contributed by atoms with Gasteiger partial charge in [0.15, 0.2) is 0 Å². The van der Waals surface area contributed by atoms with E-state index in [-0.39, 0.29) is 11.3 Å². The molecule has 0 N–H and O–H groups in total. The Morgan fingerprint density at radius 2 is 1.56 bits per heavy atom. The van der Waals surface area contributed by atoms with E-state index in [1.165, 1.54) is 11.1 Å². The highest BCUT2D eigenvalue weighted by Gasteiger charge is 2.22. The molecule has 0 radical (unpaired) electrons. The Morgan fingerprint density at radius 3 is 2.15 bits per heavy atom. The first kappa shape index (κ1) is 19.4. The van der Waals surface area contributed by atoms with Crippen molar-refractivity contribution in [3.05, 3.63) is 77.4 Å². The summed E-state index contributed by atoms with van der Waals surface area (Å²) >= 11 is 0. The summed E-state index contributed by atoms with van der Waals surface area (Å²) in [5.74, 6) is 0.148. The molecule has 1 fully saturated rings. The molecule has 3 heteroatoms. The van der Waals surface area contributed by atoms with Gasteiger partial charge in [0.2, 0.25) is 0 Å². The van der Waals surface area contributed by atoms with Gasteiger partial charge >= 0.3 is 0 Å². The van der Waals surface area contributed by atoms with Crippen molar-refractivity contribution in [2.75, 3.05) is 32.7 Å². The first-order valence-corrected chi connectivity index (χ1v) is 9.77. The van der Waals surface area contributed by atoms with Crippen LogP contribution in [0.1, 0.15) is 42.3 Å². The molecule has 3 nitrogen and oxygen atoms in total. The lowest BCUT2D eigenvalue weighted by Crippen LogP contribution is -2.48. The van der Waals surface area contributed by atoms with Crippen molar-refractivity contribution in [1.29, 1.82) is 0 Å². The van der Waals surface area contributed by atoms with Gasteiger partial charge in [-0.1, -0.05) is 75.4 Å². The zero-order valence-electron chi connectivity index (χ0n) is 16.7. The van der Waals surface area contributed by atoms with Crippen molar-refractivity contribution >= 4 is 12.0 Å². The first-order valence-electron chi connectivity index (χ1n) is 9.77. The van der Waals surface area contributed by atoms with E-state index in [9.17, 15) is 4.79 Å². The largest absolute Gasteiger partial charge is 0.336 e. The maximum atomic E-state index is 12.8. The quantitative estimate of drug-likeness (QED) is 0.802. The zero-order valence-corrected chi connectivity index (χ0v) is 16.7. The minimum absolute atomic E-state index is 0.112. The summed E-state index contributed by atoms with van der Waals surface area (Å²) in [4.78, 5) is 17.1. The number of nitrogens with zero attached hydrogens (tertiary/aromatic N) is 2. The van der Waals surface area contributed by atoms with Crippen molar-refractivity contribution in [3.8, 4) is 0 Å². The molecule has 0 spiro atoms. The normalized spacial score (nSPS) is 16.0. The average molecular weight is 363 g/mol. The lowest BCUT2D eigenvalue weighted by Gasteiger charge is -2.34. The minimum atomic E-state index is 0.112. The van der Waals surface area contributed by atoms with Crippen LogP contribution in [0.5, 0.6) is 0 Å². The van der Waals surface area contributed by atoms with Crippen molar-refractivity contribution in [2.24, 2.45) is 0 Å². The highest BCUT2D eigenvalue weighted by atomic mass is 16.2. The standard InChI is InChI=1S/C24H30N2O/c1-24(2,3)22-13-11-21(12-14-22)23(27)26-18-16-25(17-19-26)15-7-10-20-8-5-4-6-9-20/h4-14H,15-19H2,1-3H3/b10-7+. The summed E-state index contributed by atoms with van der Waals surface area (Å²) in [5, 5.41) is 0. The van der Waals surface area contributed by atoms with Crippen molar-refractivity contribution < 1.29 is 4.79 Å². The van der Waals surface area contributed by atoms with Gasteiger partial charge in [0.25, 0.3) is 5.91 Å². The second-order valence-corrected chi connectivity index (χ2v) is 8.23. The van der Waals surface area contributed by atoms with E-state index in [4.69, 9.17) is 0 Å². The third kappa shape index (κ3) is 5.30. The second kappa shape index (κ2) is 8.53. The fourth-order valence-corrected chi connectivity index (χ4v) is 3.33. The van der Waals surface area contributed by atoms with E-state index in [1.807, 2.05) is 23.1 Å². The molecular formula is C24H30N2O. The summed E-state index contributed by atoms with van der Waals surface area (Å²) in [6, 6.07) is 18.5. The van der Waals surface area contributed by atoms with Crippen LogP contribution < -0.4 is 0 Å². The van der Waals surface area contributed by atoms with E-state index in [1.54, 1.807) is 0 Å². The highest BCUT2D eigenvalue weighted by molar-refractivity contribution is 5.94. The van der Waals surface area contributed by atoms with Crippen LogP contribution in [0.4, 0.5) is 0 Å². The number of carbonyl (C=O) groups is 1. The maximum absolute atomic E-state index is 12.8. The van der Waals surface area contributed by atoms with Gasteiger partial charge in [0.05, 0.1) is 0 Å². The Morgan fingerprint density at radius 1 is 0.926 bits per heavy atom. The number of carbonyl (C=O) groups excluding carboxylic acids is 1. The van der Waals surface area contributed by atoms with E-state index in [0.29, 0.717) is 0 Å².